The molecule has 0 saturated heterocycles. The molecule has 0 fully saturated rings. The molecule has 78 valence electrons. The van der Waals surface area contributed by atoms with Crippen LogP contribution in [0.3, 0.4) is 0 Å². The van der Waals surface area contributed by atoms with E-state index in [-0.39, 0.29) is 0 Å². The van der Waals surface area contributed by atoms with Gasteiger partial charge in [-0.15, -0.1) is 0 Å². The van der Waals surface area contributed by atoms with Crippen LogP contribution in [0, 0.1) is 6.92 Å². The van der Waals surface area contributed by atoms with Crippen molar-refractivity contribution in [1.29, 1.82) is 0 Å². The number of aromatic nitrogens is 1. The number of halogens is 1. The van der Waals surface area contributed by atoms with Crippen molar-refractivity contribution in [2.24, 2.45) is 0 Å². The van der Waals surface area contributed by atoms with E-state index in [2.05, 4.69) is 21.1 Å². The Kier molecular flexibility index (Phi) is 2.77. The van der Waals surface area contributed by atoms with Crippen LogP contribution in [-0.2, 0) is 0 Å². The summed E-state index contributed by atoms with van der Waals surface area (Å²) in [6.07, 6.45) is 0. The zero-order chi connectivity index (χ0) is 10.8. The third-order valence-electron chi connectivity index (χ3n) is 2.07. The summed E-state index contributed by atoms with van der Waals surface area (Å²) >= 11 is 3.40. The van der Waals surface area contributed by atoms with Gasteiger partial charge in [-0.1, -0.05) is 11.2 Å². The highest BCUT2D eigenvalue weighted by atomic mass is 79.9. The first-order valence-corrected chi connectivity index (χ1v) is 5.27. The van der Waals surface area contributed by atoms with Crippen LogP contribution in [0.5, 0.6) is 5.75 Å². The highest BCUT2D eigenvalue weighted by molar-refractivity contribution is 9.10. The Bertz CT molecular complexity index is 479. The van der Waals surface area contributed by atoms with Crippen LogP contribution >= 0.6 is 15.9 Å². The van der Waals surface area contributed by atoms with Crippen molar-refractivity contribution >= 4 is 15.9 Å². The van der Waals surface area contributed by atoms with Crippen molar-refractivity contribution in [3.63, 3.8) is 0 Å². The Morgan fingerprint density at radius 3 is 2.73 bits per heavy atom. The minimum Gasteiger partial charge on any atom is -0.496 e. The Hall–Kier alpha value is -1.29. The predicted octanol–water partition coefficient (Wildman–Crippen LogP) is 3.42. The van der Waals surface area contributed by atoms with Crippen LogP contribution in [0.4, 0.5) is 0 Å². The first kappa shape index (κ1) is 10.2. The lowest BCUT2D eigenvalue weighted by Crippen LogP contribution is -1.85. The zero-order valence-electron chi connectivity index (χ0n) is 8.45. The number of nitrogens with zero attached hydrogens (tertiary/aromatic N) is 1. The maximum absolute atomic E-state index is 5.21. The predicted molar refractivity (Wildman–Crippen MR) is 60.9 cm³/mol. The first-order valence-electron chi connectivity index (χ1n) is 4.48. The van der Waals surface area contributed by atoms with Gasteiger partial charge in [0.15, 0.2) is 0 Å². The molecule has 3 nitrogen and oxygen atoms in total. The quantitative estimate of drug-likeness (QED) is 0.837. The molecule has 0 aliphatic rings. The van der Waals surface area contributed by atoms with Gasteiger partial charge in [-0.2, -0.15) is 0 Å². The average Bonchev–Trinajstić information content (AvgIpc) is 2.66. The molecule has 0 unspecified atom stereocenters. The molecule has 1 aromatic carbocycles. The molecule has 1 aromatic heterocycles. The maximum atomic E-state index is 5.21. The minimum atomic E-state index is 0.785. The molecule has 0 radical (unpaired) electrons. The van der Waals surface area contributed by atoms with Crippen LogP contribution in [0.2, 0.25) is 0 Å². The zero-order valence-corrected chi connectivity index (χ0v) is 10.0. The van der Waals surface area contributed by atoms with Gasteiger partial charge < -0.3 is 9.26 Å². The van der Waals surface area contributed by atoms with Crippen molar-refractivity contribution in [2.75, 3.05) is 7.11 Å². The van der Waals surface area contributed by atoms with Gasteiger partial charge in [0.2, 0.25) is 0 Å². The van der Waals surface area contributed by atoms with E-state index in [1.54, 1.807) is 7.11 Å². The van der Waals surface area contributed by atoms with Gasteiger partial charge in [-0.3, -0.25) is 0 Å². The van der Waals surface area contributed by atoms with E-state index in [9.17, 15) is 0 Å². The Balaban J connectivity index is 2.45. The summed E-state index contributed by atoms with van der Waals surface area (Å²) in [5.74, 6) is 1.58. The number of hydrogen-bond donors (Lipinski definition) is 0. The monoisotopic (exact) mass is 267 g/mol. The molecule has 0 bridgehead atoms. The Morgan fingerprint density at radius 1 is 1.33 bits per heavy atom. The molecule has 2 aromatic rings. The van der Waals surface area contributed by atoms with E-state index in [0.29, 0.717) is 0 Å². The standard InChI is InChI=1S/C11H10BrNO2/c1-7-5-10(13-15-7)8-3-4-9(12)11(6-8)14-2/h3-6H,1-2H3. The van der Waals surface area contributed by atoms with Crippen molar-refractivity contribution in [2.45, 2.75) is 6.92 Å². The molecular weight excluding hydrogens is 258 g/mol. The summed E-state index contributed by atoms with van der Waals surface area (Å²) in [6.45, 7) is 1.87. The summed E-state index contributed by atoms with van der Waals surface area (Å²) in [4.78, 5) is 0. The summed E-state index contributed by atoms with van der Waals surface area (Å²) in [7, 11) is 1.64. The summed E-state index contributed by atoms with van der Waals surface area (Å²) in [5.41, 5.74) is 1.80. The number of aryl methyl sites for hydroxylation is 1. The third-order valence-corrected chi connectivity index (χ3v) is 2.73. The lowest BCUT2D eigenvalue weighted by molar-refractivity contribution is 0.399. The smallest absolute Gasteiger partial charge is 0.134 e. The van der Waals surface area contributed by atoms with Gasteiger partial charge in [-0.05, 0) is 35.0 Å². The molecule has 2 rings (SSSR count). The SMILES string of the molecule is COc1cc(-c2cc(C)on2)ccc1Br. The molecule has 1 heterocycles. The van der Waals surface area contributed by atoms with E-state index in [1.807, 2.05) is 31.2 Å². The molecule has 0 spiro atoms. The van der Waals surface area contributed by atoms with Gasteiger partial charge in [0, 0.05) is 11.6 Å². The fraction of sp³-hybridized carbons (Fsp3) is 0.182. The topological polar surface area (TPSA) is 35.3 Å². The van der Waals surface area contributed by atoms with Crippen LogP contribution in [0.25, 0.3) is 11.3 Å². The van der Waals surface area contributed by atoms with Crippen LogP contribution in [-0.4, -0.2) is 12.3 Å². The lowest BCUT2D eigenvalue weighted by atomic mass is 10.1. The number of hydrogen-bond acceptors (Lipinski definition) is 3. The Labute approximate surface area is 96.2 Å². The number of benzene rings is 1. The molecule has 0 atom stereocenters. The van der Waals surface area contributed by atoms with Gasteiger partial charge in [0.1, 0.15) is 17.2 Å². The average molecular weight is 268 g/mol. The van der Waals surface area contributed by atoms with Gasteiger partial charge in [0.25, 0.3) is 0 Å². The highest BCUT2D eigenvalue weighted by Crippen LogP contribution is 2.30. The molecule has 15 heavy (non-hydrogen) atoms. The lowest BCUT2D eigenvalue weighted by Gasteiger charge is -2.04. The summed E-state index contributed by atoms with van der Waals surface area (Å²) in [5, 5.41) is 3.95. The highest BCUT2D eigenvalue weighted by Gasteiger charge is 2.07. The van der Waals surface area contributed by atoms with E-state index < -0.39 is 0 Å². The minimum absolute atomic E-state index is 0.785. The summed E-state index contributed by atoms with van der Waals surface area (Å²) in [6, 6.07) is 7.70. The van der Waals surface area contributed by atoms with Crippen molar-refractivity contribution < 1.29 is 9.26 Å². The van der Waals surface area contributed by atoms with E-state index >= 15 is 0 Å². The molecular formula is C11H10BrNO2. The van der Waals surface area contributed by atoms with Gasteiger partial charge in [0.05, 0.1) is 11.6 Å². The van der Waals surface area contributed by atoms with Crippen molar-refractivity contribution in [3.05, 3.63) is 34.5 Å². The number of methoxy groups -OCH3 is 1. The molecule has 0 saturated carbocycles. The normalized spacial score (nSPS) is 10.3. The van der Waals surface area contributed by atoms with Crippen LogP contribution in [0.15, 0.2) is 33.3 Å². The molecule has 0 N–H and O–H groups in total. The second-order valence-corrected chi connectivity index (χ2v) is 4.03. The molecule has 0 aliphatic carbocycles. The molecule has 0 aliphatic heterocycles. The van der Waals surface area contributed by atoms with Crippen LogP contribution < -0.4 is 4.74 Å². The molecule has 4 heteroatoms. The fourth-order valence-electron chi connectivity index (χ4n) is 1.32. The maximum Gasteiger partial charge on any atom is 0.134 e. The number of rotatable bonds is 2. The Morgan fingerprint density at radius 2 is 2.13 bits per heavy atom. The van der Waals surface area contributed by atoms with Crippen LogP contribution in [0.1, 0.15) is 5.76 Å². The summed E-state index contributed by atoms with van der Waals surface area (Å²) < 4.78 is 11.2. The van der Waals surface area contributed by atoms with E-state index in [4.69, 9.17) is 9.26 Å². The third kappa shape index (κ3) is 2.04. The number of ether oxygens (including phenoxy) is 1. The van der Waals surface area contributed by atoms with Crippen molar-refractivity contribution in [3.8, 4) is 17.0 Å². The fourth-order valence-corrected chi connectivity index (χ4v) is 1.73. The van der Waals surface area contributed by atoms with Crippen molar-refractivity contribution in [1.82, 2.24) is 5.16 Å². The second-order valence-electron chi connectivity index (χ2n) is 3.17. The van der Waals surface area contributed by atoms with Gasteiger partial charge in [-0.25, -0.2) is 0 Å². The largest absolute Gasteiger partial charge is 0.496 e. The molecule has 0 amide bonds. The van der Waals surface area contributed by atoms with E-state index in [1.165, 1.54) is 0 Å². The van der Waals surface area contributed by atoms with E-state index in [0.717, 1.165) is 27.2 Å². The van der Waals surface area contributed by atoms with Gasteiger partial charge >= 0.3 is 0 Å². The first-order chi connectivity index (χ1) is 7.20. The second kappa shape index (κ2) is 4.06.